The van der Waals surface area contributed by atoms with Crippen molar-refractivity contribution in [2.45, 2.75) is 30.8 Å². The molecule has 0 saturated carbocycles. The Balaban J connectivity index is 1.73. The number of amides is 1. The van der Waals surface area contributed by atoms with Gasteiger partial charge in [-0.2, -0.15) is 26.3 Å². The fraction of sp³-hybridized carbons (Fsp3) is 0.190. The van der Waals surface area contributed by atoms with Crippen LogP contribution in [0.2, 0.25) is 0 Å². The van der Waals surface area contributed by atoms with E-state index in [0.29, 0.717) is 12.1 Å². The van der Waals surface area contributed by atoms with E-state index in [1.807, 2.05) is 0 Å². The van der Waals surface area contributed by atoms with Gasteiger partial charge in [-0.05, 0) is 49.4 Å². The summed E-state index contributed by atoms with van der Waals surface area (Å²) in [5.74, 6) is -0.494. The van der Waals surface area contributed by atoms with E-state index in [-0.39, 0.29) is 22.5 Å². The Hall–Kier alpha value is -3.48. The zero-order valence-electron chi connectivity index (χ0n) is 17.1. The van der Waals surface area contributed by atoms with Crippen molar-refractivity contribution in [2.24, 2.45) is 0 Å². The fourth-order valence-corrected chi connectivity index (χ4v) is 3.65. The smallest absolute Gasteiger partial charge is 0.421 e. The molecule has 1 amide bonds. The van der Waals surface area contributed by atoms with E-state index in [9.17, 15) is 39.6 Å². The van der Waals surface area contributed by atoms with Crippen molar-refractivity contribution < 1.29 is 48.7 Å². The molecule has 0 unspecified atom stereocenters. The fourth-order valence-electron chi connectivity index (χ4n) is 2.76. The van der Waals surface area contributed by atoms with Gasteiger partial charge in [0.1, 0.15) is 11.5 Å². The van der Waals surface area contributed by atoms with Gasteiger partial charge < -0.3 is 9.15 Å². The summed E-state index contributed by atoms with van der Waals surface area (Å²) in [6.45, 7) is 1.10. The zero-order valence-corrected chi connectivity index (χ0v) is 17.9. The van der Waals surface area contributed by atoms with Gasteiger partial charge in [-0.1, -0.05) is 17.7 Å². The first-order valence-corrected chi connectivity index (χ1v) is 10.8. The Kier molecular flexibility index (Phi) is 6.69. The molecule has 1 N–H and O–H groups in total. The first kappa shape index (κ1) is 25.1. The Morgan fingerprint density at radius 3 is 2.00 bits per heavy atom. The highest BCUT2D eigenvalue weighted by Gasteiger charge is 2.37. The number of hydrogen-bond acceptors (Lipinski definition) is 5. The summed E-state index contributed by atoms with van der Waals surface area (Å²) in [7, 11) is -4.22. The molecule has 6 nitrogen and oxygen atoms in total. The standard InChI is InChI=1S/C21H15F6NO5S/c1-12-2-5-17(6-3-12)34(30,31)28-19(29)32-11-16-4-7-18(33-16)13-8-14(20(22,23)24)10-15(9-13)21(25,26)27/h2-10H,11H2,1H3,(H,28,29). The van der Waals surface area contributed by atoms with Gasteiger partial charge in [-0.15, -0.1) is 0 Å². The van der Waals surface area contributed by atoms with Crippen molar-refractivity contribution in [3.05, 3.63) is 77.0 Å². The lowest BCUT2D eigenvalue weighted by atomic mass is 10.0. The van der Waals surface area contributed by atoms with Crippen molar-refractivity contribution in [3.8, 4) is 11.3 Å². The Morgan fingerprint density at radius 1 is 0.912 bits per heavy atom. The first-order chi connectivity index (χ1) is 15.6. The van der Waals surface area contributed by atoms with Gasteiger partial charge in [0.25, 0.3) is 10.0 Å². The summed E-state index contributed by atoms with van der Waals surface area (Å²) < 4.78 is 114. The lowest BCUT2D eigenvalue weighted by Crippen LogP contribution is -2.31. The molecule has 1 aromatic heterocycles. The highest BCUT2D eigenvalue weighted by molar-refractivity contribution is 7.90. The van der Waals surface area contributed by atoms with E-state index >= 15 is 0 Å². The van der Waals surface area contributed by atoms with Crippen molar-refractivity contribution >= 4 is 16.1 Å². The highest BCUT2D eigenvalue weighted by atomic mass is 32.2. The molecular formula is C21H15F6NO5S. The van der Waals surface area contributed by atoms with Crippen LogP contribution in [0.1, 0.15) is 22.5 Å². The van der Waals surface area contributed by atoms with Crippen molar-refractivity contribution in [2.75, 3.05) is 0 Å². The van der Waals surface area contributed by atoms with Crippen molar-refractivity contribution in [1.29, 1.82) is 0 Å². The normalized spacial score (nSPS) is 12.4. The van der Waals surface area contributed by atoms with Crippen LogP contribution in [0.25, 0.3) is 11.3 Å². The van der Waals surface area contributed by atoms with Gasteiger partial charge >= 0.3 is 18.4 Å². The predicted octanol–water partition coefficient (Wildman–Crippen LogP) is 5.91. The molecule has 0 bridgehead atoms. The van der Waals surface area contributed by atoms with Gasteiger partial charge in [0.2, 0.25) is 0 Å². The molecule has 2 aromatic carbocycles. The topological polar surface area (TPSA) is 85.6 Å². The van der Waals surface area contributed by atoms with Crippen LogP contribution >= 0.6 is 0 Å². The van der Waals surface area contributed by atoms with Gasteiger partial charge in [0.05, 0.1) is 16.0 Å². The number of furan rings is 1. The van der Waals surface area contributed by atoms with E-state index in [4.69, 9.17) is 9.15 Å². The number of nitrogens with one attached hydrogen (secondary N) is 1. The van der Waals surface area contributed by atoms with E-state index in [2.05, 4.69) is 0 Å². The minimum atomic E-state index is -5.03. The van der Waals surface area contributed by atoms with Gasteiger partial charge in [-0.3, -0.25) is 0 Å². The molecule has 0 aliphatic carbocycles. The molecule has 0 spiro atoms. The van der Waals surface area contributed by atoms with Crippen LogP contribution in [-0.2, 0) is 33.7 Å². The molecule has 182 valence electrons. The minimum Gasteiger partial charge on any atom is -0.457 e. The molecule has 0 saturated heterocycles. The molecule has 0 radical (unpaired) electrons. The lowest BCUT2D eigenvalue weighted by molar-refractivity contribution is -0.143. The second-order valence-electron chi connectivity index (χ2n) is 7.06. The number of carbonyl (C=O) groups is 1. The predicted molar refractivity (Wildman–Crippen MR) is 106 cm³/mol. The summed E-state index contributed by atoms with van der Waals surface area (Å²) in [5, 5.41) is 0. The summed E-state index contributed by atoms with van der Waals surface area (Å²) in [6, 6.07) is 8.78. The number of ether oxygens (including phenoxy) is 1. The first-order valence-electron chi connectivity index (χ1n) is 9.30. The van der Waals surface area contributed by atoms with Crippen molar-refractivity contribution in [3.63, 3.8) is 0 Å². The molecule has 0 atom stereocenters. The monoisotopic (exact) mass is 507 g/mol. The zero-order chi connectivity index (χ0) is 25.3. The van der Waals surface area contributed by atoms with E-state index in [1.165, 1.54) is 24.3 Å². The third kappa shape index (κ3) is 6.10. The molecular weight excluding hydrogens is 492 g/mol. The van der Waals surface area contributed by atoms with Crippen LogP contribution < -0.4 is 4.72 Å². The third-order valence-corrected chi connectivity index (χ3v) is 5.76. The number of carbonyl (C=O) groups excluding carboxylic acids is 1. The van der Waals surface area contributed by atoms with Crippen LogP contribution in [0.3, 0.4) is 0 Å². The number of aryl methyl sites for hydroxylation is 1. The van der Waals surface area contributed by atoms with Crippen LogP contribution in [0.15, 0.2) is 63.9 Å². The van der Waals surface area contributed by atoms with Crippen LogP contribution in [-0.4, -0.2) is 14.5 Å². The Labute approximate surface area is 189 Å². The number of benzene rings is 2. The van der Waals surface area contributed by atoms with Gasteiger partial charge in [0.15, 0.2) is 6.61 Å². The maximum atomic E-state index is 13.0. The molecule has 0 aliphatic heterocycles. The quantitative estimate of drug-likeness (QED) is 0.434. The van der Waals surface area contributed by atoms with Crippen LogP contribution in [0, 0.1) is 6.92 Å². The summed E-state index contributed by atoms with van der Waals surface area (Å²) >= 11 is 0. The SMILES string of the molecule is Cc1ccc(S(=O)(=O)NC(=O)OCc2ccc(-c3cc(C(F)(F)F)cc(C(F)(F)F)c3)o2)cc1. The average molecular weight is 507 g/mol. The number of halogens is 6. The third-order valence-electron chi connectivity index (χ3n) is 4.43. The minimum absolute atomic E-state index is 0.0186. The number of hydrogen-bond donors (Lipinski definition) is 1. The van der Waals surface area contributed by atoms with Gasteiger partial charge in [0, 0.05) is 5.56 Å². The maximum absolute atomic E-state index is 13.0. The molecule has 13 heteroatoms. The highest BCUT2D eigenvalue weighted by Crippen LogP contribution is 2.39. The van der Waals surface area contributed by atoms with E-state index in [0.717, 1.165) is 17.7 Å². The number of alkyl halides is 6. The number of rotatable bonds is 5. The second kappa shape index (κ2) is 9.05. The maximum Gasteiger partial charge on any atom is 0.421 e. The largest absolute Gasteiger partial charge is 0.457 e. The average Bonchev–Trinajstić information content (AvgIpc) is 3.20. The second-order valence-corrected chi connectivity index (χ2v) is 8.74. The molecule has 0 fully saturated rings. The van der Waals surface area contributed by atoms with Gasteiger partial charge in [-0.25, -0.2) is 17.9 Å². The summed E-state index contributed by atoms with van der Waals surface area (Å²) in [6.07, 6.45) is -11.4. The van der Waals surface area contributed by atoms with Crippen LogP contribution in [0.4, 0.5) is 31.1 Å². The summed E-state index contributed by atoms with van der Waals surface area (Å²) in [4.78, 5) is 11.7. The lowest BCUT2D eigenvalue weighted by Gasteiger charge is -2.13. The molecule has 3 aromatic rings. The molecule has 3 rings (SSSR count). The molecule has 34 heavy (non-hydrogen) atoms. The summed E-state index contributed by atoms with van der Waals surface area (Å²) in [5.41, 5.74) is -2.75. The van der Waals surface area contributed by atoms with Crippen LogP contribution in [0.5, 0.6) is 0 Å². The van der Waals surface area contributed by atoms with E-state index in [1.54, 1.807) is 11.6 Å². The molecule has 1 heterocycles. The molecule has 0 aliphatic rings. The van der Waals surface area contributed by atoms with Crippen molar-refractivity contribution in [1.82, 2.24) is 4.72 Å². The Bertz CT molecular complexity index is 1260. The van der Waals surface area contributed by atoms with E-state index < -0.39 is 51.8 Å². The number of sulfonamides is 1. The Morgan fingerprint density at radius 2 is 1.47 bits per heavy atom.